The fourth-order valence-corrected chi connectivity index (χ4v) is 2.53. The van der Waals surface area contributed by atoms with E-state index in [9.17, 15) is 0 Å². The van der Waals surface area contributed by atoms with Gasteiger partial charge in [-0.3, -0.25) is 0 Å². The molecule has 0 atom stereocenters. The third-order valence-electron chi connectivity index (χ3n) is 2.31. The SMILES string of the molecule is CC1=C(C)C(O[Si](C)(C)C)=C(C)C1. The maximum absolute atomic E-state index is 6.05. The maximum atomic E-state index is 6.05. The minimum Gasteiger partial charge on any atom is -0.544 e. The van der Waals surface area contributed by atoms with Gasteiger partial charge in [0.05, 0.1) is 0 Å². The minimum atomic E-state index is -1.43. The molecule has 74 valence electrons. The molecular formula is C11H20OSi. The highest BCUT2D eigenvalue weighted by Crippen LogP contribution is 2.33. The van der Waals surface area contributed by atoms with Crippen molar-refractivity contribution in [2.24, 2.45) is 0 Å². The average molecular weight is 196 g/mol. The van der Waals surface area contributed by atoms with Gasteiger partial charge in [-0.15, -0.1) is 0 Å². The summed E-state index contributed by atoms with van der Waals surface area (Å²) in [6, 6.07) is 0. The van der Waals surface area contributed by atoms with Gasteiger partial charge in [-0.1, -0.05) is 5.57 Å². The van der Waals surface area contributed by atoms with Crippen LogP contribution in [0.5, 0.6) is 0 Å². The molecule has 1 rings (SSSR count). The van der Waals surface area contributed by atoms with Crippen molar-refractivity contribution >= 4 is 8.32 Å². The molecule has 1 nitrogen and oxygen atoms in total. The molecule has 2 heteroatoms. The zero-order valence-electron chi connectivity index (χ0n) is 9.62. The van der Waals surface area contributed by atoms with Crippen LogP contribution in [-0.2, 0) is 4.43 Å². The fraction of sp³-hybridized carbons (Fsp3) is 0.636. The van der Waals surface area contributed by atoms with Crippen LogP contribution in [0.15, 0.2) is 22.5 Å². The van der Waals surface area contributed by atoms with Gasteiger partial charge in [0.25, 0.3) is 0 Å². The van der Waals surface area contributed by atoms with Gasteiger partial charge in [-0.2, -0.15) is 0 Å². The Morgan fingerprint density at radius 1 is 1.00 bits per heavy atom. The quantitative estimate of drug-likeness (QED) is 0.610. The first-order valence-electron chi connectivity index (χ1n) is 4.87. The molecule has 0 spiro atoms. The van der Waals surface area contributed by atoms with Crippen LogP contribution in [0.2, 0.25) is 19.6 Å². The number of allylic oxidation sites excluding steroid dienone is 3. The number of rotatable bonds is 2. The summed E-state index contributed by atoms with van der Waals surface area (Å²) in [4.78, 5) is 0. The van der Waals surface area contributed by atoms with Crippen LogP contribution in [0.25, 0.3) is 0 Å². The Balaban J connectivity index is 2.86. The van der Waals surface area contributed by atoms with Crippen LogP contribution in [0.3, 0.4) is 0 Å². The highest BCUT2D eigenvalue weighted by atomic mass is 28.4. The predicted molar refractivity (Wildman–Crippen MR) is 60.1 cm³/mol. The van der Waals surface area contributed by atoms with Crippen molar-refractivity contribution in [3.05, 3.63) is 22.5 Å². The monoisotopic (exact) mass is 196 g/mol. The smallest absolute Gasteiger partial charge is 0.242 e. The predicted octanol–water partition coefficient (Wildman–Crippen LogP) is 3.85. The summed E-state index contributed by atoms with van der Waals surface area (Å²) in [5.74, 6) is 1.18. The molecule has 0 saturated carbocycles. The number of hydrogen-bond acceptors (Lipinski definition) is 1. The molecule has 0 aromatic heterocycles. The average Bonchev–Trinajstić information content (AvgIpc) is 2.14. The normalized spacial score (nSPS) is 18.6. The molecule has 0 aromatic carbocycles. The molecular weight excluding hydrogens is 176 g/mol. The molecule has 0 bridgehead atoms. The van der Waals surface area contributed by atoms with Crippen molar-refractivity contribution in [3.8, 4) is 0 Å². The van der Waals surface area contributed by atoms with Crippen LogP contribution in [0.1, 0.15) is 27.2 Å². The Morgan fingerprint density at radius 2 is 1.54 bits per heavy atom. The lowest BCUT2D eigenvalue weighted by Gasteiger charge is -2.22. The maximum Gasteiger partial charge on any atom is 0.242 e. The van der Waals surface area contributed by atoms with Crippen molar-refractivity contribution < 1.29 is 4.43 Å². The lowest BCUT2D eigenvalue weighted by atomic mass is 10.2. The summed E-state index contributed by atoms with van der Waals surface area (Å²) in [5.41, 5.74) is 4.23. The Morgan fingerprint density at radius 3 is 1.85 bits per heavy atom. The molecule has 1 aliphatic carbocycles. The molecule has 0 N–H and O–H groups in total. The first kappa shape index (κ1) is 10.6. The third-order valence-corrected chi connectivity index (χ3v) is 3.12. The van der Waals surface area contributed by atoms with Crippen molar-refractivity contribution in [2.75, 3.05) is 0 Å². The van der Waals surface area contributed by atoms with Gasteiger partial charge in [-0.25, -0.2) is 0 Å². The van der Waals surface area contributed by atoms with Crippen LogP contribution in [-0.4, -0.2) is 8.32 Å². The molecule has 0 unspecified atom stereocenters. The highest BCUT2D eigenvalue weighted by molar-refractivity contribution is 6.70. The van der Waals surface area contributed by atoms with Crippen LogP contribution < -0.4 is 0 Å². The van der Waals surface area contributed by atoms with Crippen LogP contribution in [0.4, 0.5) is 0 Å². The summed E-state index contributed by atoms with van der Waals surface area (Å²) in [7, 11) is -1.43. The zero-order valence-corrected chi connectivity index (χ0v) is 10.6. The van der Waals surface area contributed by atoms with Gasteiger partial charge in [0.2, 0.25) is 8.32 Å². The van der Waals surface area contributed by atoms with Gasteiger partial charge >= 0.3 is 0 Å². The van der Waals surface area contributed by atoms with Gasteiger partial charge < -0.3 is 4.43 Å². The highest BCUT2D eigenvalue weighted by Gasteiger charge is 2.23. The molecule has 0 fully saturated rings. The van der Waals surface area contributed by atoms with E-state index < -0.39 is 8.32 Å². The van der Waals surface area contributed by atoms with Crippen molar-refractivity contribution in [1.82, 2.24) is 0 Å². The lowest BCUT2D eigenvalue weighted by molar-refractivity contribution is 0.429. The first-order chi connectivity index (χ1) is 5.81. The molecule has 1 aliphatic rings. The van der Waals surface area contributed by atoms with Gasteiger partial charge in [0.1, 0.15) is 5.76 Å². The van der Waals surface area contributed by atoms with Gasteiger partial charge in [0.15, 0.2) is 0 Å². The lowest BCUT2D eigenvalue weighted by Crippen LogP contribution is -2.25. The molecule has 0 aromatic rings. The standard InChI is InChI=1S/C11H20OSi/c1-8-7-9(2)11(10(8)3)12-13(4,5)6/h7H2,1-6H3. The summed E-state index contributed by atoms with van der Waals surface area (Å²) in [6.45, 7) is 13.2. The summed E-state index contributed by atoms with van der Waals surface area (Å²) < 4.78 is 6.05. The molecule has 0 amide bonds. The largest absolute Gasteiger partial charge is 0.544 e. The first-order valence-corrected chi connectivity index (χ1v) is 8.27. The second-order valence-corrected chi connectivity index (χ2v) is 9.33. The van der Waals surface area contributed by atoms with E-state index in [-0.39, 0.29) is 0 Å². The van der Waals surface area contributed by atoms with Crippen LogP contribution in [0, 0.1) is 0 Å². The Kier molecular flexibility index (Phi) is 2.71. The summed E-state index contributed by atoms with van der Waals surface area (Å²) >= 11 is 0. The summed E-state index contributed by atoms with van der Waals surface area (Å²) in [5, 5.41) is 0. The Bertz CT molecular complexity index is 279. The van der Waals surface area contributed by atoms with Crippen molar-refractivity contribution in [3.63, 3.8) is 0 Å². The van der Waals surface area contributed by atoms with E-state index in [4.69, 9.17) is 4.43 Å². The fourth-order valence-electron chi connectivity index (χ4n) is 1.59. The minimum absolute atomic E-state index is 1.10. The molecule has 13 heavy (non-hydrogen) atoms. The van der Waals surface area contributed by atoms with Gasteiger partial charge in [-0.05, 0) is 58.0 Å². The second-order valence-electron chi connectivity index (χ2n) is 4.91. The van der Waals surface area contributed by atoms with E-state index in [0.717, 1.165) is 6.42 Å². The van der Waals surface area contributed by atoms with E-state index >= 15 is 0 Å². The van der Waals surface area contributed by atoms with E-state index in [2.05, 4.69) is 40.4 Å². The molecule has 0 heterocycles. The second kappa shape index (κ2) is 3.33. The topological polar surface area (TPSA) is 9.23 Å². The van der Waals surface area contributed by atoms with Crippen molar-refractivity contribution in [1.29, 1.82) is 0 Å². The summed E-state index contributed by atoms with van der Waals surface area (Å²) in [6.07, 6.45) is 1.10. The van der Waals surface area contributed by atoms with Gasteiger partial charge in [0, 0.05) is 0 Å². The Labute approximate surface area is 82.6 Å². The van der Waals surface area contributed by atoms with E-state index in [1.54, 1.807) is 0 Å². The van der Waals surface area contributed by atoms with Crippen molar-refractivity contribution in [2.45, 2.75) is 46.8 Å². The third kappa shape index (κ3) is 2.47. The Hall–Kier alpha value is -0.503. The molecule has 0 radical (unpaired) electrons. The van der Waals surface area contributed by atoms with Crippen LogP contribution >= 0.6 is 0 Å². The van der Waals surface area contributed by atoms with E-state index in [0.29, 0.717) is 0 Å². The van der Waals surface area contributed by atoms with E-state index in [1.807, 2.05) is 0 Å². The number of hydrogen-bond donors (Lipinski definition) is 0. The zero-order chi connectivity index (χ0) is 10.2. The van der Waals surface area contributed by atoms with E-state index in [1.165, 1.54) is 22.5 Å². The molecule has 0 aliphatic heterocycles. The molecule has 0 saturated heterocycles.